The first-order valence-electron chi connectivity index (χ1n) is 10.1. The van der Waals surface area contributed by atoms with Gasteiger partial charge in [0.25, 0.3) is 5.91 Å². The van der Waals surface area contributed by atoms with Crippen molar-refractivity contribution in [2.45, 2.75) is 20.8 Å². The average Bonchev–Trinajstić information content (AvgIpc) is 2.72. The van der Waals surface area contributed by atoms with E-state index in [4.69, 9.17) is 16.4 Å². The number of aryl methyl sites for hydroxylation is 2. The normalized spacial score (nSPS) is 11.1. The summed E-state index contributed by atoms with van der Waals surface area (Å²) in [5.41, 5.74) is 4.14. The monoisotopic (exact) mass is 505 g/mol. The lowest BCUT2D eigenvalue weighted by atomic mass is 10.2. The predicted molar refractivity (Wildman–Crippen MR) is 131 cm³/mol. The maximum absolute atomic E-state index is 12.7. The number of hydroxylamine groups is 1. The molecule has 0 fully saturated rings. The third kappa shape index (κ3) is 7.01. The smallest absolute Gasteiger partial charge is 0.278 e. The van der Waals surface area contributed by atoms with Crippen LogP contribution in [-0.2, 0) is 14.9 Å². The Labute approximate surface area is 202 Å². The topological polar surface area (TPSA) is 147 Å². The summed E-state index contributed by atoms with van der Waals surface area (Å²) in [6.45, 7) is 5.61. The van der Waals surface area contributed by atoms with Gasteiger partial charge in [0.1, 0.15) is 17.5 Å². The summed E-state index contributed by atoms with van der Waals surface area (Å²) in [4.78, 5) is 30.5. The zero-order valence-corrected chi connectivity index (χ0v) is 20.5. The summed E-state index contributed by atoms with van der Waals surface area (Å²) in [6.07, 6.45) is 2.39. The number of sulfonamides is 1. The van der Waals surface area contributed by atoms with E-state index in [1.165, 1.54) is 18.3 Å². The van der Waals surface area contributed by atoms with E-state index in [2.05, 4.69) is 35.8 Å². The SMILES string of the molecule is CCONC(=O)c1cnc(Nc2cc(C)nc(C)n2)cc1Nc1cc(Cl)ccc1NS(C)(=O)=O. The van der Waals surface area contributed by atoms with Gasteiger partial charge in [-0.1, -0.05) is 11.6 Å². The summed E-state index contributed by atoms with van der Waals surface area (Å²) in [6, 6.07) is 7.92. The Morgan fingerprint density at radius 3 is 2.47 bits per heavy atom. The molecule has 0 atom stereocenters. The second kappa shape index (κ2) is 10.6. The fraction of sp³-hybridized carbons (Fsp3) is 0.238. The molecule has 0 saturated carbocycles. The van der Waals surface area contributed by atoms with Gasteiger partial charge in [0.05, 0.1) is 35.5 Å². The van der Waals surface area contributed by atoms with Crippen LogP contribution in [0.2, 0.25) is 5.02 Å². The van der Waals surface area contributed by atoms with Crippen molar-refractivity contribution in [1.29, 1.82) is 0 Å². The molecule has 4 N–H and O–H groups in total. The molecule has 34 heavy (non-hydrogen) atoms. The van der Waals surface area contributed by atoms with Gasteiger partial charge in [-0.15, -0.1) is 0 Å². The number of nitrogens with zero attached hydrogens (tertiary/aromatic N) is 3. The van der Waals surface area contributed by atoms with Crippen LogP contribution >= 0.6 is 11.6 Å². The summed E-state index contributed by atoms with van der Waals surface area (Å²) in [5.74, 6) is 0.950. The number of carbonyl (C=O) groups is 1. The molecule has 0 aliphatic carbocycles. The molecule has 0 radical (unpaired) electrons. The minimum absolute atomic E-state index is 0.152. The molecule has 0 aliphatic rings. The van der Waals surface area contributed by atoms with Crippen molar-refractivity contribution in [3.8, 4) is 0 Å². The van der Waals surface area contributed by atoms with E-state index in [1.807, 2.05) is 6.92 Å². The molecular formula is C21H24ClN7O4S. The molecule has 3 rings (SSSR count). The highest BCUT2D eigenvalue weighted by Gasteiger charge is 2.17. The highest BCUT2D eigenvalue weighted by molar-refractivity contribution is 7.92. The summed E-state index contributed by atoms with van der Waals surface area (Å²) in [5, 5.41) is 6.52. The van der Waals surface area contributed by atoms with Gasteiger partial charge >= 0.3 is 0 Å². The van der Waals surface area contributed by atoms with E-state index in [0.717, 1.165) is 11.9 Å². The van der Waals surface area contributed by atoms with Crippen molar-refractivity contribution in [3.05, 3.63) is 58.6 Å². The van der Waals surface area contributed by atoms with Crippen molar-refractivity contribution in [3.63, 3.8) is 0 Å². The third-order valence-corrected chi connectivity index (χ3v) is 5.05. The number of rotatable bonds is 9. The first-order chi connectivity index (χ1) is 16.0. The van der Waals surface area contributed by atoms with Gasteiger partial charge in [0, 0.05) is 29.0 Å². The Kier molecular flexibility index (Phi) is 7.87. The molecule has 2 aromatic heterocycles. The maximum atomic E-state index is 12.7. The Bertz CT molecular complexity index is 1300. The van der Waals surface area contributed by atoms with Gasteiger partial charge in [-0.25, -0.2) is 28.8 Å². The van der Waals surface area contributed by atoms with E-state index in [-0.39, 0.29) is 17.9 Å². The highest BCUT2D eigenvalue weighted by Crippen LogP contribution is 2.32. The molecule has 0 unspecified atom stereocenters. The van der Waals surface area contributed by atoms with Gasteiger partial charge in [0.15, 0.2) is 0 Å². The number of hydrogen-bond acceptors (Lipinski definition) is 9. The van der Waals surface area contributed by atoms with Gasteiger partial charge in [0.2, 0.25) is 10.0 Å². The molecular weight excluding hydrogens is 482 g/mol. The first kappa shape index (κ1) is 25.1. The lowest BCUT2D eigenvalue weighted by molar-refractivity contribution is 0.0365. The number of halogens is 1. The largest absolute Gasteiger partial charge is 0.353 e. The molecule has 1 amide bonds. The summed E-state index contributed by atoms with van der Waals surface area (Å²) >= 11 is 6.14. The summed E-state index contributed by atoms with van der Waals surface area (Å²) in [7, 11) is -3.57. The van der Waals surface area contributed by atoms with E-state index in [9.17, 15) is 13.2 Å². The van der Waals surface area contributed by atoms with Crippen LogP contribution < -0.4 is 20.8 Å². The van der Waals surface area contributed by atoms with Crippen LogP contribution in [0, 0.1) is 13.8 Å². The molecule has 2 heterocycles. The molecule has 11 nitrogen and oxygen atoms in total. The van der Waals surface area contributed by atoms with Gasteiger partial charge in [-0.3, -0.25) is 14.4 Å². The number of pyridine rings is 1. The van der Waals surface area contributed by atoms with Crippen LogP contribution in [0.4, 0.5) is 28.7 Å². The molecule has 13 heteroatoms. The van der Waals surface area contributed by atoms with Crippen LogP contribution in [0.15, 0.2) is 36.5 Å². The fourth-order valence-corrected chi connectivity index (χ4v) is 3.72. The Morgan fingerprint density at radius 1 is 1.03 bits per heavy atom. The summed E-state index contributed by atoms with van der Waals surface area (Å²) < 4.78 is 26.0. The van der Waals surface area contributed by atoms with E-state index < -0.39 is 15.9 Å². The third-order valence-electron chi connectivity index (χ3n) is 4.23. The molecule has 1 aromatic carbocycles. The quantitative estimate of drug-likeness (QED) is 0.319. The minimum atomic E-state index is -3.57. The standard InChI is InChI=1S/C21H24ClN7O4S/c1-5-33-28-21(30)15-11-23-19(27-20-8-12(2)24-13(3)25-20)10-17(15)26-18-9-14(22)6-7-16(18)29-34(4,31)32/h6-11,29H,5H2,1-4H3,(H,28,30)(H2,23,24,25,26,27). The molecule has 0 spiro atoms. The number of carbonyl (C=O) groups excluding carboxylic acids is 1. The van der Waals surface area contributed by atoms with E-state index in [0.29, 0.717) is 33.9 Å². The number of benzene rings is 1. The van der Waals surface area contributed by atoms with Crippen LogP contribution in [0.5, 0.6) is 0 Å². The lowest BCUT2D eigenvalue weighted by Crippen LogP contribution is -2.24. The zero-order chi connectivity index (χ0) is 24.9. The van der Waals surface area contributed by atoms with Crippen molar-refractivity contribution in [2.24, 2.45) is 0 Å². The van der Waals surface area contributed by atoms with Crippen molar-refractivity contribution in [2.75, 3.05) is 28.2 Å². The second-order valence-corrected chi connectivity index (χ2v) is 9.42. The average molecular weight is 506 g/mol. The van der Waals surface area contributed by atoms with Crippen molar-refractivity contribution in [1.82, 2.24) is 20.4 Å². The molecule has 3 aromatic rings. The molecule has 0 aliphatic heterocycles. The number of hydrogen-bond donors (Lipinski definition) is 4. The van der Waals surface area contributed by atoms with Crippen LogP contribution in [0.25, 0.3) is 0 Å². The lowest BCUT2D eigenvalue weighted by Gasteiger charge is -2.17. The van der Waals surface area contributed by atoms with Crippen LogP contribution in [0.3, 0.4) is 0 Å². The number of amides is 1. The van der Waals surface area contributed by atoms with Crippen molar-refractivity contribution < 1.29 is 18.0 Å². The van der Waals surface area contributed by atoms with Gasteiger partial charge in [-0.05, 0) is 39.0 Å². The van der Waals surface area contributed by atoms with Crippen LogP contribution in [0.1, 0.15) is 28.8 Å². The maximum Gasteiger partial charge on any atom is 0.278 e. The number of aromatic nitrogens is 3. The Morgan fingerprint density at radius 2 is 1.79 bits per heavy atom. The minimum Gasteiger partial charge on any atom is -0.353 e. The Balaban J connectivity index is 2.03. The van der Waals surface area contributed by atoms with Crippen molar-refractivity contribution >= 4 is 56.2 Å². The first-order valence-corrected chi connectivity index (χ1v) is 12.4. The van der Waals surface area contributed by atoms with Gasteiger partial charge < -0.3 is 10.6 Å². The van der Waals surface area contributed by atoms with E-state index in [1.54, 1.807) is 32.0 Å². The Hall–Kier alpha value is -3.48. The zero-order valence-electron chi connectivity index (χ0n) is 18.9. The second-order valence-electron chi connectivity index (χ2n) is 7.24. The van der Waals surface area contributed by atoms with Crippen LogP contribution in [-0.4, -0.2) is 42.1 Å². The molecule has 180 valence electrons. The molecule has 0 bridgehead atoms. The number of nitrogens with one attached hydrogen (secondary N) is 4. The highest BCUT2D eigenvalue weighted by atomic mass is 35.5. The fourth-order valence-electron chi connectivity index (χ4n) is 2.97. The van der Waals surface area contributed by atoms with Gasteiger partial charge in [-0.2, -0.15) is 0 Å². The molecule has 0 saturated heterocycles. The predicted octanol–water partition coefficient (Wildman–Crippen LogP) is 3.68. The number of anilines is 5. The van der Waals surface area contributed by atoms with E-state index >= 15 is 0 Å².